The van der Waals surface area contributed by atoms with Crippen molar-refractivity contribution in [2.24, 2.45) is 11.5 Å². The van der Waals surface area contributed by atoms with Crippen molar-refractivity contribution >= 4 is 11.9 Å². The Labute approximate surface area is 138 Å². The van der Waals surface area contributed by atoms with E-state index in [4.69, 9.17) is 20.9 Å². The van der Waals surface area contributed by atoms with Gasteiger partial charge in [-0.15, -0.1) is 0 Å². The van der Waals surface area contributed by atoms with Crippen LogP contribution in [0, 0.1) is 0 Å². The number of rotatable bonds is 14. The van der Waals surface area contributed by atoms with Gasteiger partial charge in [0, 0.05) is 18.7 Å². The van der Waals surface area contributed by atoms with Crippen LogP contribution < -0.4 is 11.5 Å². The molecule has 0 unspecified atom stereocenters. The summed E-state index contributed by atoms with van der Waals surface area (Å²) in [5.74, 6) is -0.635. The Morgan fingerprint density at radius 1 is 0.696 bits per heavy atom. The Morgan fingerprint density at radius 2 is 1.22 bits per heavy atom. The molecule has 0 atom stereocenters. The Hall–Kier alpha value is -1.66. The second-order valence-corrected chi connectivity index (χ2v) is 5.06. The maximum absolute atomic E-state index is 11.2. The number of allylic oxidation sites excluding steroid dienone is 2. The van der Waals surface area contributed by atoms with Crippen LogP contribution in [0.3, 0.4) is 0 Å². The molecule has 132 valence electrons. The molecule has 0 aliphatic rings. The van der Waals surface area contributed by atoms with Gasteiger partial charge < -0.3 is 20.9 Å². The first-order valence-corrected chi connectivity index (χ1v) is 8.27. The van der Waals surface area contributed by atoms with Crippen LogP contribution in [0.15, 0.2) is 24.3 Å². The molecule has 0 heterocycles. The fraction of sp³-hybridized carbons (Fsp3) is 0.647. The van der Waals surface area contributed by atoms with Crippen LogP contribution in [-0.2, 0) is 19.1 Å². The minimum Gasteiger partial charge on any atom is -0.462 e. The van der Waals surface area contributed by atoms with E-state index in [0.29, 0.717) is 26.1 Å². The van der Waals surface area contributed by atoms with Crippen molar-refractivity contribution in [3.8, 4) is 0 Å². The molecule has 0 aliphatic carbocycles. The normalized spacial score (nSPS) is 11.2. The molecule has 0 aromatic heterocycles. The van der Waals surface area contributed by atoms with Crippen LogP contribution in [0.4, 0.5) is 0 Å². The van der Waals surface area contributed by atoms with Crippen LogP contribution in [0.2, 0.25) is 0 Å². The molecule has 0 aromatic rings. The van der Waals surface area contributed by atoms with Gasteiger partial charge in [0.05, 0.1) is 6.61 Å². The second-order valence-electron chi connectivity index (χ2n) is 5.06. The molecule has 0 radical (unpaired) electrons. The van der Waals surface area contributed by atoms with Crippen LogP contribution in [0.5, 0.6) is 0 Å². The zero-order valence-corrected chi connectivity index (χ0v) is 13.9. The average Bonchev–Trinajstić information content (AvgIpc) is 2.54. The van der Waals surface area contributed by atoms with Gasteiger partial charge in [0.25, 0.3) is 0 Å². The molecule has 4 N–H and O–H groups in total. The van der Waals surface area contributed by atoms with E-state index in [2.05, 4.69) is 0 Å². The molecule has 0 saturated heterocycles. The highest BCUT2D eigenvalue weighted by Crippen LogP contribution is 2.06. The van der Waals surface area contributed by atoms with E-state index in [0.717, 1.165) is 38.5 Å². The van der Waals surface area contributed by atoms with Gasteiger partial charge in [-0.05, 0) is 38.6 Å². The summed E-state index contributed by atoms with van der Waals surface area (Å²) in [7, 11) is 0. The largest absolute Gasteiger partial charge is 0.462 e. The minimum absolute atomic E-state index is 0.261. The van der Waals surface area contributed by atoms with E-state index in [1.54, 1.807) is 0 Å². The zero-order chi connectivity index (χ0) is 17.2. The van der Waals surface area contributed by atoms with Gasteiger partial charge in [0.1, 0.15) is 6.61 Å². The SMILES string of the molecule is NCCCOC(=O)/C=C\CCCCCC/C=C/C(=O)OCCN. The monoisotopic (exact) mass is 326 g/mol. The Balaban J connectivity index is 3.40. The zero-order valence-electron chi connectivity index (χ0n) is 13.9. The highest BCUT2D eigenvalue weighted by atomic mass is 16.5. The summed E-state index contributed by atoms with van der Waals surface area (Å²) in [6, 6.07) is 0. The van der Waals surface area contributed by atoms with Gasteiger partial charge >= 0.3 is 11.9 Å². The van der Waals surface area contributed by atoms with Gasteiger partial charge in [0.2, 0.25) is 0 Å². The van der Waals surface area contributed by atoms with Crippen molar-refractivity contribution in [2.75, 3.05) is 26.3 Å². The number of carbonyl (C=O) groups excluding carboxylic acids is 2. The van der Waals surface area contributed by atoms with Gasteiger partial charge in [-0.1, -0.05) is 25.0 Å². The lowest BCUT2D eigenvalue weighted by Gasteiger charge is -1.99. The Morgan fingerprint density at radius 3 is 1.70 bits per heavy atom. The van der Waals surface area contributed by atoms with Crippen molar-refractivity contribution in [1.82, 2.24) is 0 Å². The molecular weight excluding hydrogens is 296 g/mol. The lowest BCUT2D eigenvalue weighted by atomic mass is 10.1. The van der Waals surface area contributed by atoms with E-state index in [9.17, 15) is 9.59 Å². The minimum atomic E-state index is -0.334. The smallest absolute Gasteiger partial charge is 0.330 e. The van der Waals surface area contributed by atoms with E-state index in [1.807, 2.05) is 12.2 Å². The first kappa shape index (κ1) is 21.3. The first-order chi connectivity index (χ1) is 11.2. The van der Waals surface area contributed by atoms with Crippen molar-refractivity contribution in [2.45, 2.75) is 44.9 Å². The summed E-state index contributed by atoms with van der Waals surface area (Å²) in [5.41, 5.74) is 10.5. The van der Waals surface area contributed by atoms with Crippen LogP contribution in [0.25, 0.3) is 0 Å². The summed E-state index contributed by atoms with van der Waals surface area (Å²) in [6.07, 6.45) is 13.3. The summed E-state index contributed by atoms with van der Waals surface area (Å²) in [4.78, 5) is 22.4. The summed E-state index contributed by atoms with van der Waals surface area (Å²) in [5, 5.41) is 0. The molecule has 0 rings (SSSR count). The molecule has 6 heteroatoms. The molecule has 0 amide bonds. The average molecular weight is 326 g/mol. The van der Waals surface area contributed by atoms with Gasteiger partial charge in [-0.2, -0.15) is 0 Å². The van der Waals surface area contributed by atoms with Crippen LogP contribution in [-0.4, -0.2) is 38.2 Å². The van der Waals surface area contributed by atoms with Crippen molar-refractivity contribution in [3.05, 3.63) is 24.3 Å². The van der Waals surface area contributed by atoms with E-state index in [-0.39, 0.29) is 18.5 Å². The molecule has 0 bridgehead atoms. The third-order valence-corrected chi connectivity index (χ3v) is 2.95. The fourth-order valence-corrected chi connectivity index (χ4v) is 1.75. The molecule has 0 saturated carbocycles. The molecule has 6 nitrogen and oxygen atoms in total. The highest BCUT2D eigenvalue weighted by Gasteiger charge is 1.96. The van der Waals surface area contributed by atoms with Gasteiger partial charge in [-0.25, -0.2) is 9.59 Å². The number of esters is 2. The number of hydrogen-bond acceptors (Lipinski definition) is 6. The number of carbonyl (C=O) groups is 2. The molecule has 0 aromatic carbocycles. The molecule has 0 spiro atoms. The predicted molar refractivity (Wildman–Crippen MR) is 90.6 cm³/mol. The van der Waals surface area contributed by atoms with Gasteiger partial charge in [-0.3, -0.25) is 0 Å². The highest BCUT2D eigenvalue weighted by molar-refractivity contribution is 5.82. The number of ether oxygens (including phenoxy) is 2. The molecule has 0 aliphatic heterocycles. The lowest BCUT2D eigenvalue weighted by Crippen LogP contribution is -2.11. The number of nitrogens with two attached hydrogens (primary N) is 2. The summed E-state index contributed by atoms with van der Waals surface area (Å²) in [6.45, 7) is 1.52. The second kappa shape index (κ2) is 16.7. The molecule has 0 fully saturated rings. The maximum Gasteiger partial charge on any atom is 0.330 e. The van der Waals surface area contributed by atoms with Crippen molar-refractivity contribution in [3.63, 3.8) is 0 Å². The third-order valence-electron chi connectivity index (χ3n) is 2.95. The van der Waals surface area contributed by atoms with E-state index < -0.39 is 0 Å². The summed E-state index contributed by atoms with van der Waals surface area (Å²) < 4.78 is 9.75. The van der Waals surface area contributed by atoms with Crippen molar-refractivity contribution < 1.29 is 19.1 Å². The third kappa shape index (κ3) is 16.5. The van der Waals surface area contributed by atoms with Gasteiger partial charge in [0.15, 0.2) is 0 Å². The van der Waals surface area contributed by atoms with E-state index >= 15 is 0 Å². The number of unbranched alkanes of at least 4 members (excludes halogenated alkanes) is 5. The first-order valence-electron chi connectivity index (χ1n) is 8.27. The predicted octanol–water partition coefficient (Wildman–Crippen LogP) is 1.83. The quantitative estimate of drug-likeness (QED) is 0.287. The van der Waals surface area contributed by atoms with Crippen LogP contribution >= 0.6 is 0 Å². The lowest BCUT2D eigenvalue weighted by molar-refractivity contribution is -0.138. The van der Waals surface area contributed by atoms with E-state index in [1.165, 1.54) is 12.2 Å². The van der Waals surface area contributed by atoms with Crippen molar-refractivity contribution in [1.29, 1.82) is 0 Å². The summed E-state index contributed by atoms with van der Waals surface area (Å²) >= 11 is 0. The topological polar surface area (TPSA) is 105 Å². The van der Waals surface area contributed by atoms with Crippen LogP contribution in [0.1, 0.15) is 44.9 Å². The number of hydrogen-bond donors (Lipinski definition) is 2. The Bertz CT molecular complexity index is 368. The fourth-order valence-electron chi connectivity index (χ4n) is 1.75. The Kier molecular flexibility index (Phi) is 15.5. The molecule has 23 heavy (non-hydrogen) atoms. The maximum atomic E-state index is 11.2. The molecular formula is C17H30N2O4. The standard InChI is InChI=1S/C17H30N2O4/c18-12-9-14-22-16(20)10-7-5-3-1-2-4-6-8-11-17(21)23-15-13-19/h7-8,10-11H,1-6,9,12-15,18-19H2/b10-7-,11-8+.